The lowest BCUT2D eigenvalue weighted by Crippen LogP contribution is -2.35. The zero-order valence-corrected chi connectivity index (χ0v) is 21.0. The number of halogens is 1. The topological polar surface area (TPSA) is 149 Å². The predicted molar refractivity (Wildman–Crippen MR) is 135 cm³/mol. The molecule has 0 aliphatic rings. The molecule has 1 atom stereocenters. The van der Waals surface area contributed by atoms with Gasteiger partial charge in [-0.05, 0) is 45.2 Å². The van der Waals surface area contributed by atoms with Gasteiger partial charge in [-0.3, -0.25) is 14.3 Å². The Bertz CT molecular complexity index is 1450. The first-order valence-corrected chi connectivity index (χ1v) is 11.3. The van der Waals surface area contributed by atoms with Crippen molar-refractivity contribution < 1.29 is 14.3 Å². The maximum Gasteiger partial charge on any atom is 0.317 e. The average molecular weight is 510 g/mol. The Labute approximate surface area is 211 Å². The number of pyridine rings is 2. The number of rotatable bonds is 7. The normalized spacial score (nSPS) is 11.8. The molecule has 0 aromatic carbocycles. The Morgan fingerprint density at radius 1 is 1.11 bits per heavy atom. The van der Waals surface area contributed by atoms with Crippen LogP contribution in [0.2, 0.25) is 5.02 Å². The Morgan fingerprint density at radius 3 is 2.47 bits per heavy atom. The molecule has 0 bridgehead atoms. The molecule has 0 spiro atoms. The quantitative estimate of drug-likeness (QED) is 0.341. The fraction of sp³-hybridized carbons (Fsp3) is 0.261. The van der Waals surface area contributed by atoms with Crippen LogP contribution in [0, 0.1) is 6.92 Å². The molecular formula is C23H24ClN9O3. The van der Waals surface area contributed by atoms with Gasteiger partial charge >= 0.3 is 6.01 Å². The van der Waals surface area contributed by atoms with Crippen molar-refractivity contribution in [2.45, 2.75) is 19.9 Å². The van der Waals surface area contributed by atoms with Crippen LogP contribution in [0.5, 0.6) is 6.01 Å². The number of aromatic nitrogens is 6. The molecule has 4 aromatic heterocycles. The van der Waals surface area contributed by atoms with Gasteiger partial charge in [0, 0.05) is 18.8 Å². The van der Waals surface area contributed by atoms with Crippen LogP contribution in [-0.2, 0) is 11.8 Å². The minimum Gasteiger partial charge on any atom is -0.467 e. The molecule has 0 fully saturated rings. The number of aryl methyl sites for hydroxylation is 2. The fourth-order valence-electron chi connectivity index (χ4n) is 3.46. The summed E-state index contributed by atoms with van der Waals surface area (Å²) in [5, 5.41) is 13.2. The molecule has 186 valence electrons. The minimum atomic E-state index is -0.501. The Balaban J connectivity index is 1.84. The van der Waals surface area contributed by atoms with Crippen molar-refractivity contribution in [2.24, 2.45) is 7.05 Å². The number of ether oxygens (including phenoxy) is 1. The monoisotopic (exact) mass is 509 g/mol. The highest BCUT2D eigenvalue weighted by Gasteiger charge is 2.20. The van der Waals surface area contributed by atoms with E-state index in [1.807, 2.05) is 6.92 Å². The van der Waals surface area contributed by atoms with Crippen molar-refractivity contribution in [1.82, 2.24) is 35.0 Å². The fourth-order valence-corrected chi connectivity index (χ4v) is 3.57. The molecule has 1 unspecified atom stereocenters. The lowest BCUT2D eigenvalue weighted by atomic mass is 10.1. The number of amides is 2. The first kappa shape index (κ1) is 24.9. The van der Waals surface area contributed by atoms with Gasteiger partial charge in [-0.1, -0.05) is 11.6 Å². The van der Waals surface area contributed by atoms with Gasteiger partial charge < -0.3 is 20.7 Å². The molecule has 0 aliphatic heterocycles. The van der Waals surface area contributed by atoms with Crippen LogP contribution in [0.3, 0.4) is 0 Å². The number of carbonyl (C=O) groups excluding carboxylic acids is 2. The van der Waals surface area contributed by atoms with E-state index in [0.717, 1.165) is 0 Å². The maximum atomic E-state index is 12.8. The Morgan fingerprint density at radius 2 is 1.83 bits per heavy atom. The summed E-state index contributed by atoms with van der Waals surface area (Å²) in [6.07, 6.45) is 1.37. The number of methoxy groups -OCH3 is 1. The summed E-state index contributed by atoms with van der Waals surface area (Å²) in [7, 11) is 4.92. The van der Waals surface area contributed by atoms with E-state index in [1.165, 1.54) is 19.4 Å². The van der Waals surface area contributed by atoms with Crippen molar-refractivity contribution in [3.63, 3.8) is 0 Å². The molecule has 36 heavy (non-hydrogen) atoms. The summed E-state index contributed by atoms with van der Waals surface area (Å²) in [5.74, 6) is -0.422. The summed E-state index contributed by atoms with van der Waals surface area (Å²) < 4.78 is 6.97. The second-order valence-electron chi connectivity index (χ2n) is 7.91. The van der Waals surface area contributed by atoms with E-state index in [0.29, 0.717) is 33.0 Å². The van der Waals surface area contributed by atoms with E-state index in [-0.39, 0.29) is 29.2 Å². The molecule has 2 amide bonds. The molecule has 0 radical (unpaired) electrons. The zero-order chi connectivity index (χ0) is 26.0. The lowest BCUT2D eigenvalue weighted by molar-refractivity contribution is -0.117. The van der Waals surface area contributed by atoms with Gasteiger partial charge in [-0.15, -0.1) is 0 Å². The molecule has 0 saturated carbocycles. The highest BCUT2D eigenvalue weighted by molar-refractivity contribution is 6.30. The van der Waals surface area contributed by atoms with Crippen LogP contribution in [-0.4, -0.2) is 61.7 Å². The summed E-state index contributed by atoms with van der Waals surface area (Å²) in [6, 6.07) is 6.02. The SMILES string of the molecule is CNC(C)C(=O)Nc1cc(-c2nc(OC)nc3c(C)nn(C)c23)cc(NC(=O)c2ccc(Cl)cn2)n1. The van der Waals surface area contributed by atoms with Crippen molar-refractivity contribution in [2.75, 3.05) is 24.8 Å². The van der Waals surface area contributed by atoms with Crippen LogP contribution >= 0.6 is 11.6 Å². The van der Waals surface area contributed by atoms with Crippen LogP contribution in [0.4, 0.5) is 11.6 Å². The molecule has 3 N–H and O–H groups in total. The van der Waals surface area contributed by atoms with Crippen LogP contribution in [0.25, 0.3) is 22.3 Å². The van der Waals surface area contributed by atoms with Gasteiger partial charge in [0.2, 0.25) is 5.91 Å². The first-order chi connectivity index (χ1) is 17.2. The van der Waals surface area contributed by atoms with Crippen molar-refractivity contribution in [3.05, 3.63) is 46.9 Å². The summed E-state index contributed by atoms with van der Waals surface area (Å²) in [5.41, 5.74) is 3.14. The number of likely N-dealkylation sites (N-methyl/N-ethyl adjacent to an activating group) is 1. The summed E-state index contributed by atoms with van der Waals surface area (Å²) >= 11 is 5.88. The molecule has 12 nitrogen and oxygen atoms in total. The maximum absolute atomic E-state index is 12.8. The number of nitrogens with one attached hydrogen (secondary N) is 3. The van der Waals surface area contributed by atoms with E-state index in [9.17, 15) is 9.59 Å². The third-order valence-electron chi connectivity index (χ3n) is 5.39. The van der Waals surface area contributed by atoms with Crippen LogP contribution < -0.4 is 20.7 Å². The highest BCUT2D eigenvalue weighted by atomic mass is 35.5. The molecular weight excluding hydrogens is 486 g/mol. The Kier molecular flexibility index (Phi) is 7.08. The molecule has 13 heteroatoms. The standard InChI is InChI=1S/C23H24ClN9O3/c1-11-18-20(33(4)32-11)19(31-23(30-18)36-5)13-8-16(28-21(34)12(2)25-3)27-17(9-13)29-22(35)15-7-6-14(24)10-26-15/h6-10,12,25H,1-5H3,(H2,27,28,29,34,35). The second kappa shape index (κ2) is 10.2. The highest BCUT2D eigenvalue weighted by Crippen LogP contribution is 2.32. The van der Waals surface area contributed by atoms with Gasteiger partial charge in [0.25, 0.3) is 5.91 Å². The molecule has 4 aromatic rings. The van der Waals surface area contributed by atoms with Crippen LogP contribution in [0.15, 0.2) is 30.5 Å². The smallest absolute Gasteiger partial charge is 0.317 e. The third kappa shape index (κ3) is 5.09. The van der Waals surface area contributed by atoms with Crippen LogP contribution in [0.1, 0.15) is 23.1 Å². The van der Waals surface area contributed by atoms with Gasteiger partial charge in [0.15, 0.2) is 0 Å². The Hall–Kier alpha value is -4.16. The van der Waals surface area contributed by atoms with Gasteiger partial charge in [-0.25, -0.2) is 9.97 Å². The number of carbonyl (C=O) groups is 2. The molecule has 0 saturated heterocycles. The van der Waals surface area contributed by atoms with E-state index < -0.39 is 11.9 Å². The van der Waals surface area contributed by atoms with Crippen molar-refractivity contribution in [1.29, 1.82) is 0 Å². The van der Waals surface area contributed by atoms with Crippen molar-refractivity contribution >= 4 is 46.1 Å². The van der Waals surface area contributed by atoms with Gasteiger partial charge in [-0.2, -0.15) is 15.1 Å². The van der Waals surface area contributed by atoms with E-state index in [4.69, 9.17) is 16.3 Å². The lowest BCUT2D eigenvalue weighted by Gasteiger charge is -2.14. The van der Waals surface area contributed by atoms with E-state index >= 15 is 0 Å². The number of fused-ring (bicyclic) bond motifs is 1. The molecule has 0 aliphatic carbocycles. The average Bonchev–Trinajstić information content (AvgIpc) is 3.16. The zero-order valence-electron chi connectivity index (χ0n) is 20.3. The van der Waals surface area contributed by atoms with E-state index in [2.05, 4.69) is 41.0 Å². The van der Waals surface area contributed by atoms with Gasteiger partial charge in [0.1, 0.15) is 34.1 Å². The minimum absolute atomic E-state index is 0.148. The first-order valence-electron chi connectivity index (χ1n) is 10.9. The summed E-state index contributed by atoms with van der Waals surface area (Å²) in [6.45, 7) is 3.55. The molecule has 4 heterocycles. The predicted octanol–water partition coefficient (Wildman–Crippen LogP) is 2.59. The number of nitrogens with zero attached hydrogens (tertiary/aromatic N) is 6. The summed E-state index contributed by atoms with van der Waals surface area (Å²) in [4.78, 5) is 42.8. The van der Waals surface area contributed by atoms with Gasteiger partial charge in [0.05, 0.1) is 23.9 Å². The van der Waals surface area contributed by atoms with E-state index in [1.54, 1.807) is 43.9 Å². The third-order valence-corrected chi connectivity index (χ3v) is 5.61. The largest absolute Gasteiger partial charge is 0.467 e. The van der Waals surface area contributed by atoms with Crippen molar-refractivity contribution in [3.8, 4) is 17.3 Å². The number of hydrogen-bond acceptors (Lipinski definition) is 9. The number of anilines is 2. The molecule has 4 rings (SSSR count). The number of hydrogen-bond donors (Lipinski definition) is 3. The second-order valence-corrected chi connectivity index (χ2v) is 8.34.